The normalized spacial score (nSPS) is 15.1. The third kappa shape index (κ3) is 4.53. The number of piperazine rings is 1. The summed E-state index contributed by atoms with van der Waals surface area (Å²) in [5.74, 6) is 0.193. The molecule has 0 spiro atoms. The second kappa shape index (κ2) is 9.13. The number of carbonyl (C=O) groups excluding carboxylic acids is 1. The molecule has 0 bridgehead atoms. The second-order valence-electron chi connectivity index (χ2n) is 7.49. The average Bonchev–Trinajstić information content (AvgIpc) is 2.82. The Bertz CT molecular complexity index is 1280. The molecule has 2 heterocycles. The molecule has 1 fully saturated rings. The van der Waals surface area contributed by atoms with E-state index in [4.69, 9.17) is 9.15 Å². The number of rotatable bonds is 6. The number of ether oxygens (including phenoxy) is 1. The summed E-state index contributed by atoms with van der Waals surface area (Å²) in [5.41, 5.74) is 0.882. The quantitative estimate of drug-likeness (QED) is 0.528. The van der Waals surface area contributed by atoms with E-state index in [0.29, 0.717) is 30.8 Å². The van der Waals surface area contributed by atoms with Crippen molar-refractivity contribution in [2.24, 2.45) is 0 Å². The largest absolute Gasteiger partial charge is 0.484 e. The van der Waals surface area contributed by atoms with Crippen LogP contribution in [0.1, 0.15) is 12.5 Å². The molecular weight excluding hydrogens is 432 g/mol. The van der Waals surface area contributed by atoms with Crippen LogP contribution in [-0.2, 0) is 21.2 Å². The van der Waals surface area contributed by atoms with Gasteiger partial charge in [0.15, 0.2) is 6.61 Å². The van der Waals surface area contributed by atoms with Gasteiger partial charge in [-0.25, -0.2) is 13.2 Å². The predicted octanol–water partition coefficient (Wildman–Crippen LogP) is 2.27. The van der Waals surface area contributed by atoms with E-state index in [1.807, 2.05) is 13.0 Å². The molecule has 4 rings (SSSR count). The van der Waals surface area contributed by atoms with E-state index < -0.39 is 15.6 Å². The lowest BCUT2D eigenvalue weighted by atomic mass is 10.1. The monoisotopic (exact) mass is 456 g/mol. The van der Waals surface area contributed by atoms with Gasteiger partial charge in [0.05, 0.1) is 4.90 Å². The lowest BCUT2D eigenvalue weighted by molar-refractivity contribution is -0.134. The van der Waals surface area contributed by atoms with Gasteiger partial charge in [-0.15, -0.1) is 0 Å². The summed E-state index contributed by atoms with van der Waals surface area (Å²) in [5, 5.41) is 0.835. The number of sulfonamides is 1. The van der Waals surface area contributed by atoms with Gasteiger partial charge in [-0.3, -0.25) is 4.79 Å². The number of benzene rings is 2. The first-order chi connectivity index (χ1) is 15.4. The molecule has 0 saturated carbocycles. The molecule has 0 atom stereocenters. The first-order valence-corrected chi connectivity index (χ1v) is 11.8. The van der Waals surface area contributed by atoms with E-state index in [1.54, 1.807) is 47.4 Å². The van der Waals surface area contributed by atoms with Gasteiger partial charge in [-0.2, -0.15) is 4.31 Å². The Hall–Kier alpha value is -3.17. The molecule has 0 unspecified atom stereocenters. The molecule has 2 aromatic carbocycles. The highest BCUT2D eigenvalue weighted by atomic mass is 32.2. The lowest BCUT2D eigenvalue weighted by Gasteiger charge is -2.33. The minimum absolute atomic E-state index is 0.186. The summed E-state index contributed by atoms with van der Waals surface area (Å²) < 4.78 is 37.7. The van der Waals surface area contributed by atoms with Crippen molar-refractivity contribution in [3.8, 4) is 5.75 Å². The SMILES string of the molecule is CCc1cc(=O)oc2cc(OCC(=O)N3CCN(S(=O)(=O)c4ccccc4)CC3)ccc12. The number of nitrogens with zero attached hydrogens (tertiary/aromatic N) is 2. The molecule has 9 heteroatoms. The Morgan fingerprint density at radius 2 is 1.75 bits per heavy atom. The van der Waals surface area contributed by atoms with E-state index in [-0.39, 0.29) is 30.5 Å². The van der Waals surface area contributed by atoms with Crippen molar-refractivity contribution < 1.29 is 22.4 Å². The number of amides is 1. The highest BCUT2D eigenvalue weighted by Crippen LogP contribution is 2.23. The summed E-state index contributed by atoms with van der Waals surface area (Å²) in [6, 6.07) is 14.9. The molecule has 0 aliphatic carbocycles. The van der Waals surface area contributed by atoms with Crippen LogP contribution in [0, 0.1) is 0 Å². The lowest BCUT2D eigenvalue weighted by Crippen LogP contribution is -2.51. The van der Waals surface area contributed by atoms with E-state index in [1.165, 1.54) is 10.4 Å². The standard InChI is InChI=1S/C23H24N2O6S/c1-2-17-14-23(27)31-21-15-18(8-9-20(17)21)30-16-22(26)24-10-12-25(13-11-24)32(28,29)19-6-4-3-5-7-19/h3-9,14-15H,2,10-13,16H2,1H3. The molecule has 1 aromatic heterocycles. The zero-order chi connectivity index (χ0) is 22.7. The van der Waals surface area contributed by atoms with Crippen LogP contribution in [0.4, 0.5) is 0 Å². The van der Waals surface area contributed by atoms with Crippen LogP contribution in [0.25, 0.3) is 11.0 Å². The van der Waals surface area contributed by atoms with Crippen LogP contribution < -0.4 is 10.4 Å². The van der Waals surface area contributed by atoms with Gasteiger partial charge in [0, 0.05) is 43.7 Å². The summed E-state index contributed by atoms with van der Waals surface area (Å²) >= 11 is 0. The first kappa shape index (κ1) is 22.0. The maximum absolute atomic E-state index is 12.7. The third-order valence-corrected chi connectivity index (χ3v) is 7.43. The van der Waals surface area contributed by atoms with E-state index >= 15 is 0 Å². The number of hydrogen-bond donors (Lipinski definition) is 0. The summed E-state index contributed by atoms with van der Waals surface area (Å²) in [7, 11) is -3.57. The molecule has 8 nitrogen and oxygen atoms in total. The van der Waals surface area contributed by atoms with Crippen molar-refractivity contribution >= 4 is 26.9 Å². The van der Waals surface area contributed by atoms with Gasteiger partial charge in [0.2, 0.25) is 10.0 Å². The highest BCUT2D eigenvalue weighted by molar-refractivity contribution is 7.89. The average molecular weight is 457 g/mol. The first-order valence-electron chi connectivity index (χ1n) is 10.4. The Labute approximate surface area is 186 Å². The fraction of sp³-hybridized carbons (Fsp3) is 0.304. The van der Waals surface area contributed by atoms with Crippen LogP contribution >= 0.6 is 0 Å². The Kier molecular flexibility index (Phi) is 6.29. The molecule has 3 aromatic rings. The molecule has 1 aliphatic rings. The third-order valence-electron chi connectivity index (χ3n) is 5.52. The number of hydrogen-bond acceptors (Lipinski definition) is 6. The fourth-order valence-electron chi connectivity index (χ4n) is 3.75. The highest BCUT2D eigenvalue weighted by Gasteiger charge is 2.30. The van der Waals surface area contributed by atoms with Gasteiger partial charge in [0.1, 0.15) is 11.3 Å². The smallest absolute Gasteiger partial charge is 0.336 e. The Morgan fingerprint density at radius 1 is 1.03 bits per heavy atom. The molecule has 0 N–H and O–H groups in total. The van der Waals surface area contributed by atoms with Gasteiger partial charge >= 0.3 is 5.63 Å². The maximum Gasteiger partial charge on any atom is 0.336 e. The Morgan fingerprint density at radius 3 is 2.44 bits per heavy atom. The van der Waals surface area contributed by atoms with Crippen molar-refractivity contribution in [1.29, 1.82) is 0 Å². The summed E-state index contributed by atoms with van der Waals surface area (Å²) in [4.78, 5) is 26.1. The molecule has 1 aliphatic heterocycles. The number of fused-ring (bicyclic) bond motifs is 1. The van der Waals surface area contributed by atoms with Crippen LogP contribution in [0.15, 0.2) is 68.7 Å². The van der Waals surface area contributed by atoms with Gasteiger partial charge < -0.3 is 14.1 Å². The fourth-order valence-corrected chi connectivity index (χ4v) is 5.19. The summed E-state index contributed by atoms with van der Waals surface area (Å²) in [6.07, 6.45) is 0.701. The van der Waals surface area contributed by atoms with E-state index in [0.717, 1.165) is 10.9 Å². The van der Waals surface area contributed by atoms with Gasteiger partial charge in [0.25, 0.3) is 5.91 Å². The Balaban J connectivity index is 1.36. The number of carbonyl (C=O) groups is 1. The van der Waals surface area contributed by atoms with Crippen LogP contribution in [0.3, 0.4) is 0 Å². The minimum atomic E-state index is -3.57. The van der Waals surface area contributed by atoms with E-state index in [2.05, 4.69) is 0 Å². The predicted molar refractivity (Wildman–Crippen MR) is 119 cm³/mol. The van der Waals surface area contributed by atoms with Crippen LogP contribution in [0.2, 0.25) is 0 Å². The van der Waals surface area contributed by atoms with Crippen molar-refractivity contribution in [2.75, 3.05) is 32.8 Å². The van der Waals surface area contributed by atoms with Crippen LogP contribution in [-0.4, -0.2) is 56.3 Å². The van der Waals surface area contributed by atoms with Crippen molar-refractivity contribution in [3.05, 3.63) is 70.6 Å². The van der Waals surface area contributed by atoms with Crippen LogP contribution in [0.5, 0.6) is 5.75 Å². The maximum atomic E-state index is 12.7. The molecule has 1 saturated heterocycles. The molecule has 32 heavy (non-hydrogen) atoms. The van der Waals surface area contributed by atoms with E-state index in [9.17, 15) is 18.0 Å². The molecule has 168 valence electrons. The van der Waals surface area contributed by atoms with Crippen molar-refractivity contribution in [2.45, 2.75) is 18.2 Å². The minimum Gasteiger partial charge on any atom is -0.484 e. The molecule has 0 radical (unpaired) electrons. The van der Waals surface area contributed by atoms with Gasteiger partial charge in [-0.05, 0) is 36.2 Å². The topological polar surface area (TPSA) is 97.1 Å². The zero-order valence-electron chi connectivity index (χ0n) is 17.7. The zero-order valence-corrected chi connectivity index (χ0v) is 18.5. The van der Waals surface area contributed by atoms with Crippen molar-refractivity contribution in [3.63, 3.8) is 0 Å². The summed E-state index contributed by atoms with van der Waals surface area (Å²) in [6.45, 7) is 2.81. The molecule has 1 amide bonds. The van der Waals surface area contributed by atoms with Crippen molar-refractivity contribution in [1.82, 2.24) is 9.21 Å². The van der Waals surface area contributed by atoms with Gasteiger partial charge in [-0.1, -0.05) is 25.1 Å². The molecular formula is C23H24N2O6S. The second-order valence-corrected chi connectivity index (χ2v) is 9.43. The number of aryl methyl sites for hydroxylation is 1.